The summed E-state index contributed by atoms with van der Waals surface area (Å²) in [5.41, 5.74) is 10.1. The molecule has 1 aromatic carbocycles. The maximum atomic E-state index is 5.80. The zero-order valence-electron chi connectivity index (χ0n) is 8.34. The lowest BCUT2D eigenvalue weighted by molar-refractivity contribution is 0.514. The first-order chi connectivity index (χ1) is 6.77. The molecule has 0 atom stereocenters. The predicted octanol–water partition coefficient (Wildman–Crippen LogP) is 1.49. The Morgan fingerprint density at radius 1 is 1.21 bits per heavy atom. The molecule has 1 aliphatic heterocycles. The highest BCUT2D eigenvalue weighted by Crippen LogP contribution is 2.40. The molecule has 1 saturated carbocycles. The zero-order valence-corrected chi connectivity index (χ0v) is 8.34. The Bertz CT molecular complexity index is 367. The number of rotatable bonds is 0. The standard InChI is InChI=1S/C12H16N2/c13-11-2-1-10-8-12(4-5-12)14-6-3-9(10)7-11/h1-2,7,14H,3-6,8,13H2. The van der Waals surface area contributed by atoms with Gasteiger partial charge in [-0.1, -0.05) is 6.07 Å². The van der Waals surface area contributed by atoms with Gasteiger partial charge in [0.05, 0.1) is 0 Å². The highest BCUT2D eigenvalue weighted by molar-refractivity contribution is 5.46. The van der Waals surface area contributed by atoms with Crippen molar-refractivity contribution >= 4 is 5.69 Å². The number of hydrogen-bond donors (Lipinski definition) is 2. The second-order valence-corrected chi connectivity index (χ2v) is 4.66. The van der Waals surface area contributed by atoms with Crippen LogP contribution in [0.5, 0.6) is 0 Å². The summed E-state index contributed by atoms with van der Waals surface area (Å²) in [4.78, 5) is 0. The number of nitrogens with one attached hydrogen (secondary N) is 1. The number of benzene rings is 1. The lowest BCUT2D eigenvalue weighted by atomic mass is 9.99. The van der Waals surface area contributed by atoms with Crippen molar-refractivity contribution in [3.63, 3.8) is 0 Å². The summed E-state index contributed by atoms with van der Waals surface area (Å²) in [5.74, 6) is 0. The van der Waals surface area contributed by atoms with E-state index in [1.165, 1.54) is 30.4 Å². The quantitative estimate of drug-likeness (QED) is 0.605. The van der Waals surface area contributed by atoms with Crippen molar-refractivity contribution in [1.29, 1.82) is 0 Å². The van der Waals surface area contributed by atoms with E-state index in [9.17, 15) is 0 Å². The first-order valence-electron chi connectivity index (χ1n) is 5.40. The lowest BCUT2D eigenvalue weighted by Gasteiger charge is -2.13. The molecule has 2 aliphatic rings. The van der Waals surface area contributed by atoms with Crippen LogP contribution in [-0.4, -0.2) is 12.1 Å². The molecule has 1 fully saturated rings. The zero-order chi connectivity index (χ0) is 9.60. The Hall–Kier alpha value is -1.02. The molecule has 1 aromatic rings. The van der Waals surface area contributed by atoms with Crippen LogP contribution in [0, 0.1) is 0 Å². The van der Waals surface area contributed by atoms with Crippen LogP contribution in [0.15, 0.2) is 18.2 Å². The molecule has 1 aliphatic carbocycles. The third-order valence-electron chi connectivity index (χ3n) is 3.51. The molecule has 1 heterocycles. The molecule has 0 unspecified atom stereocenters. The van der Waals surface area contributed by atoms with Crippen LogP contribution in [0.1, 0.15) is 24.0 Å². The largest absolute Gasteiger partial charge is 0.399 e. The van der Waals surface area contributed by atoms with Gasteiger partial charge in [-0.25, -0.2) is 0 Å². The van der Waals surface area contributed by atoms with E-state index < -0.39 is 0 Å². The van der Waals surface area contributed by atoms with Gasteiger partial charge in [0.25, 0.3) is 0 Å². The molecule has 1 spiro atoms. The van der Waals surface area contributed by atoms with Crippen LogP contribution in [-0.2, 0) is 12.8 Å². The normalized spacial score (nSPS) is 22.9. The highest BCUT2D eigenvalue weighted by atomic mass is 15.0. The first kappa shape index (κ1) is 8.30. The fourth-order valence-electron chi connectivity index (χ4n) is 2.44. The van der Waals surface area contributed by atoms with E-state index in [0.717, 1.165) is 18.7 Å². The summed E-state index contributed by atoms with van der Waals surface area (Å²) in [6.45, 7) is 1.11. The molecule has 74 valence electrons. The molecule has 2 heteroatoms. The summed E-state index contributed by atoms with van der Waals surface area (Å²) in [6, 6.07) is 6.37. The molecule has 2 nitrogen and oxygen atoms in total. The Labute approximate surface area is 84.5 Å². The molecular formula is C12H16N2. The van der Waals surface area contributed by atoms with E-state index in [4.69, 9.17) is 5.73 Å². The average Bonchev–Trinajstić information content (AvgIpc) is 2.93. The topological polar surface area (TPSA) is 38.0 Å². The lowest BCUT2D eigenvalue weighted by Crippen LogP contribution is -2.32. The van der Waals surface area contributed by atoms with Gasteiger partial charge >= 0.3 is 0 Å². The Balaban J connectivity index is 1.99. The predicted molar refractivity (Wildman–Crippen MR) is 58.2 cm³/mol. The maximum Gasteiger partial charge on any atom is 0.0316 e. The number of nitrogen functional groups attached to an aromatic ring is 1. The van der Waals surface area contributed by atoms with Gasteiger partial charge in [0.2, 0.25) is 0 Å². The molecule has 3 rings (SSSR count). The van der Waals surface area contributed by atoms with Gasteiger partial charge in [0.1, 0.15) is 0 Å². The van der Waals surface area contributed by atoms with Crippen molar-refractivity contribution in [2.24, 2.45) is 0 Å². The van der Waals surface area contributed by atoms with Gasteiger partial charge in [-0.3, -0.25) is 0 Å². The smallest absolute Gasteiger partial charge is 0.0316 e. The number of anilines is 1. The Morgan fingerprint density at radius 3 is 2.86 bits per heavy atom. The fraction of sp³-hybridized carbons (Fsp3) is 0.500. The molecule has 0 aromatic heterocycles. The van der Waals surface area contributed by atoms with Crippen molar-refractivity contribution in [2.75, 3.05) is 12.3 Å². The van der Waals surface area contributed by atoms with Crippen LogP contribution in [0.2, 0.25) is 0 Å². The van der Waals surface area contributed by atoms with E-state index in [0.29, 0.717) is 5.54 Å². The van der Waals surface area contributed by atoms with E-state index in [1.54, 1.807) is 0 Å². The molecule has 0 amide bonds. The minimum atomic E-state index is 0.460. The minimum Gasteiger partial charge on any atom is -0.399 e. The third kappa shape index (κ3) is 1.30. The Kier molecular flexibility index (Phi) is 1.62. The third-order valence-corrected chi connectivity index (χ3v) is 3.51. The SMILES string of the molecule is Nc1ccc2c(c1)CCNC1(CC1)C2. The summed E-state index contributed by atoms with van der Waals surface area (Å²) in [6.07, 6.45) is 5.01. The van der Waals surface area contributed by atoms with Gasteiger partial charge in [0, 0.05) is 11.2 Å². The number of nitrogens with two attached hydrogens (primary N) is 1. The second-order valence-electron chi connectivity index (χ2n) is 4.66. The minimum absolute atomic E-state index is 0.460. The second kappa shape index (κ2) is 2.74. The van der Waals surface area contributed by atoms with Crippen LogP contribution >= 0.6 is 0 Å². The molecule has 0 saturated heterocycles. The van der Waals surface area contributed by atoms with Gasteiger partial charge in [-0.15, -0.1) is 0 Å². The molecule has 3 N–H and O–H groups in total. The van der Waals surface area contributed by atoms with Crippen molar-refractivity contribution in [3.05, 3.63) is 29.3 Å². The van der Waals surface area contributed by atoms with E-state index >= 15 is 0 Å². The van der Waals surface area contributed by atoms with Crippen molar-refractivity contribution in [1.82, 2.24) is 5.32 Å². The summed E-state index contributed by atoms with van der Waals surface area (Å²) >= 11 is 0. The number of hydrogen-bond acceptors (Lipinski definition) is 2. The van der Waals surface area contributed by atoms with Gasteiger partial charge in [-0.05, 0) is 55.5 Å². The fourth-order valence-corrected chi connectivity index (χ4v) is 2.44. The van der Waals surface area contributed by atoms with Crippen LogP contribution in [0.25, 0.3) is 0 Å². The van der Waals surface area contributed by atoms with Crippen LogP contribution in [0.3, 0.4) is 0 Å². The van der Waals surface area contributed by atoms with Gasteiger partial charge in [-0.2, -0.15) is 0 Å². The molecule has 0 radical (unpaired) electrons. The Morgan fingerprint density at radius 2 is 2.07 bits per heavy atom. The monoisotopic (exact) mass is 188 g/mol. The molecular weight excluding hydrogens is 172 g/mol. The van der Waals surface area contributed by atoms with Crippen molar-refractivity contribution < 1.29 is 0 Å². The molecule has 14 heavy (non-hydrogen) atoms. The van der Waals surface area contributed by atoms with E-state index in [2.05, 4.69) is 17.4 Å². The summed E-state index contributed by atoms with van der Waals surface area (Å²) in [5, 5.41) is 3.66. The van der Waals surface area contributed by atoms with E-state index in [1.807, 2.05) is 6.07 Å². The van der Waals surface area contributed by atoms with Crippen molar-refractivity contribution in [3.8, 4) is 0 Å². The maximum absolute atomic E-state index is 5.80. The van der Waals surface area contributed by atoms with Crippen LogP contribution < -0.4 is 11.1 Å². The van der Waals surface area contributed by atoms with E-state index in [-0.39, 0.29) is 0 Å². The van der Waals surface area contributed by atoms with Crippen molar-refractivity contribution in [2.45, 2.75) is 31.2 Å². The van der Waals surface area contributed by atoms with Crippen LogP contribution in [0.4, 0.5) is 5.69 Å². The van der Waals surface area contributed by atoms with Gasteiger partial charge < -0.3 is 11.1 Å². The summed E-state index contributed by atoms with van der Waals surface area (Å²) < 4.78 is 0. The van der Waals surface area contributed by atoms with Gasteiger partial charge in [0.15, 0.2) is 0 Å². The average molecular weight is 188 g/mol. The summed E-state index contributed by atoms with van der Waals surface area (Å²) in [7, 11) is 0. The molecule has 0 bridgehead atoms. The highest BCUT2D eigenvalue weighted by Gasteiger charge is 2.43. The first-order valence-corrected chi connectivity index (χ1v) is 5.40. The number of fused-ring (bicyclic) bond motifs is 1.